The summed E-state index contributed by atoms with van der Waals surface area (Å²) in [6.07, 6.45) is -8.78. The van der Waals surface area contributed by atoms with E-state index in [9.17, 15) is 26.7 Å². The molecule has 0 atom stereocenters. The molecule has 0 fully saturated rings. The maximum atomic E-state index is 12.8. The van der Waals surface area contributed by atoms with Gasteiger partial charge in [0, 0.05) is 5.33 Å². The molecule has 0 spiro atoms. The summed E-state index contributed by atoms with van der Waals surface area (Å²) in [6.45, 7) is 0. The molecule has 0 aromatic carbocycles. The zero-order valence-corrected chi connectivity index (χ0v) is 12.1. The fourth-order valence-corrected chi connectivity index (χ4v) is 1.92. The van der Waals surface area contributed by atoms with Gasteiger partial charge >= 0.3 is 12.3 Å². The zero-order valence-electron chi connectivity index (χ0n) is 10.5. The highest BCUT2D eigenvalue weighted by Gasteiger charge is 2.34. The fourth-order valence-electron chi connectivity index (χ4n) is 1.44. The molecule has 1 aromatic rings. The third kappa shape index (κ3) is 5.10. The van der Waals surface area contributed by atoms with Crippen LogP contribution in [0.2, 0.25) is 0 Å². The molecule has 0 amide bonds. The number of rotatable bonds is 5. The van der Waals surface area contributed by atoms with Gasteiger partial charge in [0.15, 0.2) is 0 Å². The van der Waals surface area contributed by atoms with Crippen molar-refractivity contribution in [3.63, 3.8) is 0 Å². The lowest BCUT2D eigenvalue weighted by molar-refractivity contribution is -0.276. The quantitative estimate of drug-likeness (QED) is 0.447. The summed E-state index contributed by atoms with van der Waals surface area (Å²) in [5.74, 6) is -1.97. The molecular formula is C11H9BrF5NO3. The largest absolute Gasteiger partial charge is 0.574 e. The number of carbonyl (C=O) groups is 1. The van der Waals surface area contributed by atoms with Gasteiger partial charge < -0.3 is 9.47 Å². The number of nitrogens with zero attached hydrogens (tertiary/aromatic N) is 1. The van der Waals surface area contributed by atoms with Crippen LogP contribution in [0.25, 0.3) is 0 Å². The molecule has 0 N–H and O–H groups in total. The number of methoxy groups -OCH3 is 1. The molecule has 118 valence electrons. The van der Waals surface area contributed by atoms with Gasteiger partial charge in [-0.3, -0.25) is 4.79 Å². The second-order valence-electron chi connectivity index (χ2n) is 3.72. The van der Waals surface area contributed by atoms with Crippen molar-refractivity contribution in [3.8, 4) is 5.88 Å². The van der Waals surface area contributed by atoms with E-state index in [-0.39, 0.29) is 16.6 Å². The van der Waals surface area contributed by atoms with Crippen molar-refractivity contribution in [2.45, 2.75) is 24.5 Å². The molecule has 0 unspecified atom stereocenters. The molecular weight excluding hydrogens is 369 g/mol. The smallest absolute Gasteiger partial charge is 0.469 e. The summed E-state index contributed by atoms with van der Waals surface area (Å²) < 4.78 is 70.1. The lowest BCUT2D eigenvalue weighted by Gasteiger charge is -2.15. The van der Waals surface area contributed by atoms with E-state index in [0.29, 0.717) is 0 Å². The van der Waals surface area contributed by atoms with Gasteiger partial charge in [0.25, 0.3) is 6.43 Å². The Balaban J connectivity index is 3.30. The molecule has 0 aliphatic heterocycles. The number of esters is 1. The highest BCUT2D eigenvalue weighted by atomic mass is 79.9. The van der Waals surface area contributed by atoms with Crippen LogP contribution < -0.4 is 4.74 Å². The van der Waals surface area contributed by atoms with Crippen LogP contribution in [-0.2, 0) is 21.3 Å². The van der Waals surface area contributed by atoms with Gasteiger partial charge in [0.05, 0.1) is 24.8 Å². The number of carbonyl (C=O) groups excluding carboxylic acids is 1. The first kappa shape index (κ1) is 17.6. The van der Waals surface area contributed by atoms with E-state index >= 15 is 0 Å². The van der Waals surface area contributed by atoms with Gasteiger partial charge in [-0.2, -0.15) is 0 Å². The second kappa shape index (κ2) is 7.01. The highest BCUT2D eigenvalue weighted by Crippen LogP contribution is 2.33. The Hall–Kier alpha value is -1.45. The molecule has 1 heterocycles. The van der Waals surface area contributed by atoms with Gasteiger partial charge in [-0.1, -0.05) is 15.9 Å². The third-order valence-corrected chi connectivity index (χ3v) is 2.85. The van der Waals surface area contributed by atoms with E-state index in [1.807, 2.05) is 0 Å². The minimum Gasteiger partial charge on any atom is -0.469 e. The van der Waals surface area contributed by atoms with Crippen LogP contribution in [0.1, 0.15) is 23.2 Å². The van der Waals surface area contributed by atoms with Gasteiger partial charge in [-0.25, -0.2) is 13.8 Å². The molecule has 0 saturated carbocycles. The maximum Gasteiger partial charge on any atom is 0.574 e. The summed E-state index contributed by atoms with van der Waals surface area (Å²) >= 11 is 2.96. The SMILES string of the molecule is COC(=O)Cc1cc(C(F)F)c(OC(F)(F)F)nc1CBr. The normalized spacial score (nSPS) is 11.6. The molecule has 1 aromatic heterocycles. The predicted molar refractivity (Wildman–Crippen MR) is 64.2 cm³/mol. The van der Waals surface area contributed by atoms with Crippen molar-refractivity contribution in [2.75, 3.05) is 7.11 Å². The van der Waals surface area contributed by atoms with Crippen molar-refractivity contribution in [2.24, 2.45) is 0 Å². The third-order valence-electron chi connectivity index (χ3n) is 2.32. The van der Waals surface area contributed by atoms with Crippen molar-refractivity contribution in [1.82, 2.24) is 4.98 Å². The summed E-state index contributed by atoms with van der Waals surface area (Å²) in [5, 5.41) is -0.0446. The predicted octanol–water partition coefficient (Wildman–Crippen LogP) is 3.53. The van der Waals surface area contributed by atoms with Crippen LogP contribution in [0.15, 0.2) is 6.07 Å². The van der Waals surface area contributed by atoms with E-state index in [0.717, 1.165) is 13.2 Å². The monoisotopic (exact) mass is 377 g/mol. The Morgan fingerprint density at radius 2 is 2.05 bits per heavy atom. The standard InChI is InChI=1S/C11H9BrF5NO3/c1-20-8(19)3-5-2-6(9(13)14)10(18-7(5)4-12)21-11(15,16)17/h2,9H,3-4H2,1H3. The number of hydrogen-bond donors (Lipinski definition) is 0. The Bertz CT molecular complexity index is 521. The van der Waals surface area contributed by atoms with E-state index in [1.165, 1.54) is 0 Å². The van der Waals surface area contributed by atoms with Crippen molar-refractivity contribution in [3.05, 3.63) is 22.9 Å². The molecule has 10 heteroatoms. The first-order valence-electron chi connectivity index (χ1n) is 5.37. The summed E-state index contributed by atoms with van der Waals surface area (Å²) in [6, 6.07) is 0.756. The molecule has 0 bridgehead atoms. The average Bonchev–Trinajstić information content (AvgIpc) is 2.37. The van der Waals surface area contributed by atoms with Crippen LogP contribution in [0.4, 0.5) is 22.0 Å². The van der Waals surface area contributed by atoms with Crippen molar-refractivity contribution >= 4 is 21.9 Å². The number of aromatic nitrogens is 1. The Morgan fingerprint density at radius 1 is 1.43 bits per heavy atom. The van der Waals surface area contributed by atoms with E-state index < -0.39 is 36.6 Å². The molecule has 0 aliphatic rings. The molecule has 1 rings (SSSR count). The van der Waals surface area contributed by atoms with Crippen LogP contribution in [0.3, 0.4) is 0 Å². The first-order valence-corrected chi connectivity index (χ1v) is 6.49. The molecule has 0 aliphatic carbocycles. The minimum absolute atomic E-state index is 0.0240. The number of alkyl halides is 6. The van der Waals surface area contributed by atoms with Crippen LogP contribution in [-0.4, -0.2) is 24.4 Å². The number of halogens is 6. The van der Waals surface area contributed by atoms with E-state index in [2.05, 4.69) is 30.4 Å². The van der Waals surface area contributed by atoms with Gasteiger partial charge in [-0.15, -0.1) is 13.2 Å². The van der Waals surface area contributed by atoms with Crippen LogP contribution >= 0.6 is 15.9 Å². The van der Waals surface area contributed by atoms with E-state index in [4.69, 9.17) is 0 Å². The first-order chi connectivity index (χ1) is 9.67. The fraction of sp³-hybridized carbons (Fsp3) is 0.455. The number of ether oxygens (including phenoxy) is 2. The number of pyridine rings is 1. The molecule has 21 heavy (non-hydrogen) atoms. The number of hydrogen-bond acceptors (Lipinski definition) is 4. The van der Waals surface area contributed by atoms with Crippen molar-refractivity contribution in [1.29, 1.82) is 0 Å². The molecule has 0 radical (unpaired) electrons. The van der Waals surface area contributed by atoms with Crippen LogP contribution in [0, 0.1) is 0 Å². The molecule has 0 saturated heterocycles. The van der Waals surface area contributed by atoms with Gasteiger partial charge in [0.2, 0.25) is 5.88 Å². The van der Waals surface area contributed by atoms with E-state index in [1.54, 1.807) is 0 Å². The Labute approximate surface area is 124 Å². The lowest BCUT2D eigenvalue weighted by atomic mass is 10.1. The highest BCUT2D eigenvalue weighted by molar-refractivity contribution is 9.08. The summed E-state index contributed by atoms with van der Waals surface area (Å²) in [5.41, 5.74) is -1.04. The van der Waals surface area contributed by atoms with Crippen LogP contribution in [0.5, 0.6) is 5.88 Å². The zero-order chi connectivity index (χ0) is 16.2. The van der Waals surface area contributed by atoms with Crippen molar-refractivity contribution < 1.29 is 36.2 Å². The second-order valence-corrected chi connectivity index (χ2v) is 4.28. The Kier molecular flexibility index (Phi) is 5.87. The summed E-state index contributed by atoms with van der Waals surface area (Å²) in [4.78, 5) is 14.6. The minimum atomic E-state index is -5.15. The maximum absolute atomic E-state index is 12.8. The molecule has 4 nitrogen and oxygen atoms in total. The topological polar surface area (TPSA) is 48.4 Å². The lowest BCUT2D eigenvalue weighted by Crippen LogP contribution is -2.20. The Morgan fingerprint density at radius 3 is 2.48 bits per heavy atom. The summed E-state index contributed by atoms with van der Waals surface area (Å²) in [7, 11) is 1.10. The average molecular weight is 378 g/mol. The van der Waals surface area contributed by atoms with Gasteiger partial charge in [-0.05, 0) is 11.6 Å². The van der Waals surface area contributed by atoms with Gasteiger partial charge in [0.1, 0.15) is 0 Å².